The molecule has 0 radical (unpaired) electrons. The molecule has 0 unspecified atom stereocenters. The minimum atomic E-state index is -2.42. The van der Waals surface area contributed by atoms with E-state index in [9.17, 15) is 0 Å². The first kappa shape index (κ1) is 15.8. The zero-order valence-corrected chi connectivity index (χ0v) is 11.9. The Hall–Kier alpha value is -0.203. The van der Waals surface area contributed by atoms with Gasteiger partial charge in [0, 0.05) is 33.5 Å². The predicted octanol–water partition coefficient (Wildman–Crippen LogP) is 2.24. The first-order valence-corrected chi connectivity index (χ1v) is 7.49. The summed E-state index contributed by atoms with van der Waals surface area (Å²) in [5.41, 5.74) is 1.03. The van der Waals surface area contributed by atoms with Crippen LogP contribution in [0.5, 0.6) is 0 Å². The molecule has 0 heterocycles. The largest absolute Gasteiger partial charge is 0.500 e. The average Bonchev–Trinajstić information content (AvgIpc) is 2.27. The Balaban J connectivity index is 3.79. The molecule has 96 valence electrons. The molecule has 4 nitrogen and oxygen atoms in total. The van der Waals surface area contributed by atoms with Crippen LogP contribution in [0.2, 0.25) is 6.04 Å². The Morgan fingerprint density at radius 2 is 1.88 bits per heavy atom. The van der Waals surface area contributed by atoms with Gasteiger partial charge in [-0.3, -0.25) is 0 Å². The van der Waals surface area contributed by atoms with Crippen LogP contribution in [0.4, 0.5) is 0 Å². The Bertz CT molecular complexity index is 192. The van der Waals surface area contributed by atoms with E-state index in [1.54, 1.807) is 14.2 Å². The van der Waals surface area contributed by atoms with Gasteiger partial charge in [0.05, 0.1) is 6.61 Å². The Morgan fingerprint density at radius 3 is 2.31 bits per heavy atom. The summed E-state index contributed by atoms with van der Waals surface area (Å²) in [7, 11) is 0.855. The third-order valence-corrected chi connectivity index (χ3v) is 5.04. The molecule has 0 N–H and O–H groups in total. The molecule has 0 aliphatic rings. The van der Waals surface area contributed by atoms with Crippen molar-refractivity contribution in [2.45, 2.75) is 26.3 Å². The van der Waals surface area contributed by atoms with Gasteiger partial charge in [-0.05, 0) is 20.3 Å². The van der Waals surface area contributed by atoms with Crippen molar-refractivity contribution < 1.29 is 18.0 Å². The molecule has 16 heavy (non-hydrogen) atoms. The molecule has 0 atom stereocenters. The van der Waals surface area contributed by atoms with Gasteiger partial charge in [0.25, 0.3) is 0 Å². The Labute approximate surface area is 99.9 Å². The molecule has 0 saturated heterocycles. The molecule has 5 heteroatoms. The van der Waals surface area contributed by atoms with Crippen LogP contribution >= 0.6 is 0 Å². The lowest BCUT2D eigenvalue weighted by Gasteiger charge is -2.25. The smallest absolute Gasteiger partial charge is 0.377 e. The van der Waals surface area contributed by atoms with E-state index in [2.05, 4.69) is 6.58 Å². The summed E-state index contributed by atoms with van der Waals surface area (Å²) < 4.78 is 21.7. The van der Waals surface area contributed by atoms with Crippen LogP contribution in [0.3, 0.4) is 0 Å². The van der Waals surface area contributed by atoms with Gasteiger partial charge < -0.3 is 18.0 Å². The van der Waals surface area contributed by atoms with Crippen molar-refractivity contribution >= 4 is 8.80 Å². The summed E-state index contributed by atoms with van der Waals surface area (Å²) in [6.07, 6.45) is 0.876. The molecule has 0 amide bonds. The molecular weight excluding hydrogens is 224 g/mol. The minimum absolute atomic E-state index is 0.612. The second kappa shape index (κ2) is 8.89. The van der Waals surface area contributed by atoms with Gasteiger partial charge in [-0.2, -0.15) is 0 Å². The Kier molecular flexibility index (Phi) is 8.78. The lowest BCUT2D eigenvalue weighted by molar-refractivity contribution is 0.0966. The SMILES string of the molecule is C=C(C)COCCC[Si](OC)(OC)OCC. The van der Waals surface area contributed by atoms with Gasteiger partial charge in [0.1, 0.15) is 0 Å². The number of rotatable bonds is 10. The zero-order valence-electron chi connectivity index (χ0n) is 10.9. The van der Waals surface area contributed by atoms with E-state index in [0.717, 1.165) is 18.0 Å². The molecule has 0 spiro atoms. The highest BCUT2D eigenvalue weighted by Gasteiger charge is 2.37. The Morgan fingerprint density at radius 1 is 1.25 bits per heavy atom. The first-order valence-electron chi connectivity index (χ1n) is 5.56. The van der Waals surface area contributed by atoms with Crippen molar-refractivity contribution in [2.75, 3.05) is 34.0 Å². The maximum Gasteiger partial charge on any atom is 0.500 e. The normalized spacial score (nSPS) is 11.8. The quantitative estimate of drug-likeness (QED) is 0.337. The van der Waals surface area contributed by atoms with Crippen molar-refractivity contribution in [3.8, 4) is 0 Å². The molecule has 0 aliphatic carbocycles. The topological polar surface area (TPSA) is 36.9 Å². The molecule has 0 rings (SSSR count). The van der Waals surface area contributed by atoms with Crippen molar-refractivity contribution in [3.63, 3.8) is 0 Å². The van der Waals surface area contributed by atoms with E-state index < -0.39 is 8.80 Å². The average molecular weight is 248 g/mol. The lowest BCUT2D eigenvalue weighted by Crippen LogP contribution is -2.43. The van der Waals surface area contributed by atoms with Crippen molar-refractivity contribution in [3.05, 3.63) is 12.2 Å². The van der Waals surface area contributed by atoms with Crippen molar-refractivity contribution in [1.29, 1.82) is 0 Å². The van der Waals surface area contributed by atoms with Gasteiger partial charge in [0.15, 0.2) is 0 Å². The summed E-state index contributed by atoms with van der Waals surface area (Å²) in [5.74, 6) is 0. The zero-order chi connectivity index (χ0) is 12.4. The van der Waals surface area contributed by atoms with Crippen LogP contribution in [-0.4, -0.2) is 42.8 Å². The second-order valence-corrected chi connectivity index (χ2v) is 6.61. The van der Waals surface area contributed by atoms with E-state index >= 15 is 0 Å². The standard InChI is InChI=1S/C11H24O4Si/c1-6-15-16(12-4,13-5)9-7-8-14-10-11(2)3/h2,6-10H2,1,3-5H3. The molecular formula is C11H24O4Si. The van der Waals surface area contributed by atoms with Crippen LogP contribution in [0, 0.1) is 0 Å². The summed E-state index contributed by atoms with van der Waals surface area (Å²) in [6, 6.07) is 0.782. The summed E-state index contributed by atoms with van der Waals surface area (Å²) in [5, 5.41) is 0. The third kappa shape index (κ3) is 6.39. The van der Waals surface area contributed by atoms with E-state index in [-0.39, 0.29) is 0 Å². The summed E-state index contributed by atoms with van der Waals surface area (Å²) in [4.78, 5) is 0. The minimum Gasteiger partial charge on any atom is -0.377 e. The van der Waals surface area contributed by atoms with Crippen molar-refractivity contribution in [2.24, 2.45) is 0 Å². The van der Waals surface area contributed by atoms with Crippen LogP contribution < -0.4 is 0 Å². The first-order chi connectivity index (χ1) is 7.60. The van der Waals surface area contributed by atoms with Gasteiger partial charge >= 0.3 is 8.80 Å². The molecule has 0 saturated carbocycles. The monoisotopic (exact) mass is 248 g/mol. The molecule has 0 fully saturated rings. The van der Waals surface area contributed by atoms with Gasteiger partial charge in [0.2, 0.25) is 0 Å². The van der Waals surface area contributed by atoms with Crippen molar-refractivity contribution in [1.82, 2.24) is 0 Å². The van der Waals surface area contributed by atoms with E-state index in [1.165, 1.54) is 0 Å². The number of ether oxygens (including phenoxy) is 1. The van der Waals surface area contributed by atoms with Crippen LogP contribution in [0.15, 0.2) is 12.2 Å². The fourth-order valence-corrected chi connectivity index (χ4v) is 3.31. The molecule has 0 aliphatic heterocycles. The van der Waals surface area contributed by atoms with Gasteiger partial charge in [-0.1, -0.05) is 12.2 Å². The fourth-order valence-electron chi connectivity index (χ4n) is 1.33. The van der Waals surface area contributed by atoms with Crippen LogP contribution in [-0.2, 0) is 18.0 Å². The highest BCUT2D eigenvalue weighted by molar-refractivity contribution is 6.60. The van der Waals surface area contributed by atoms with Crippen LogP contribution in [0.25, 0.3) is 0 Å². The van der Waals surface area contributed by atoms with E-state index in [0.29, 0.717) is 19.8 Å². The maximum absolute atomic E-state index is 5.58. The van der Waals surface area contributed by atoms with E-state index in [4.69, 9.17) is 18.0 Å². The van der Waals surface area contributed by atoms with Crippen LogP contribution in [0.1, 0.15) is 20.3 Å². The van der Waals surface area contributed by atoms with E-state index in [1.807, 2.05) is 13.8 Å². The third-order valence-electron chi connectivity index (χ3n) is 2.11. The predicted molar refractivity (Wildman–Crippen MR) is 66.5 cm³/mol. The molecule has 0 aromatic carbocycles. The van der Waals surface area contributed by atoms with Gasteiger partial charge in [-0.15, -0.1) is 0 Å². The summed E-state index contributed by atoms with van der Waals surface area (Å²) >= 11 is 0. The maximum atomic E-state index is 5.58. The summed E-state index contributed by atoms with van der Waals surface area (Å²) in [6.45, 7) is 9.57. The second-order valence-electron chi connectivity index (χ2n) is 3.64. The highest BCUT2D eigenvalue weighted by Crippen LogP contribution is 2.15. The molecule has 0 aromatic heterocycles. The highest BCUT2D eigenvalue weighted by atomic mass is 28.4. The number of hydrogen-bond donors (Lipinski definition) is 0. The molecule has 0 bridgehead atoms. The lowest BCUT2D eigenvalue weighted by atomic mass is 10.4. The van der Waals surface area contributed by atoms with Gasteiger partial charge in [-0.25, -0.2) is 0 Å². The number of hydrogen-bond acceptors (Lipinski definition) is 4. The fraction of sp³-hybridized carbons (Fsp3) is 0.818. The molecule has 0 aromatic rings.